The second-order valence-corrected chi connectivity index (χ2v) is 4.01. The quantitative estimate of drug-likeness (QED) is 0.617. The van der Waals surface area contributed by atoms with Crippen LogP contribution in [0.1, 0.15) is 18.9 Å². The number of aryl methyl sites for hydroxylation is 1. The molecule has 1 aromatic rings. The van der Waals surface area contributed by atoms with Gasteiger partial charge in [0.1, 0.15) is 12.4 Å². The summed E-state index contributed by atoms with van der Waals surface area (Å²) in [5, 5.41) is 0.523. The second kappa shape index (κ2) is 6.61. The third-order valence-corrected chi connectivity index (χ3v) is 2.46. The Morgan fingerprint density at radius 1 is 1.25 bits per heavy atom. The number of nitrogen functional groups attached to an aromatic ring is 1. The van der Waals surface area contributed by atoms with E-state index in [-0.39, 0.29) is 0 Å². The standard InChI is InChI=1S/C12H18ClNO2/c1-3-4-15-5-6-16-12-8-10(13)11(14)7-9(12)2/h7-8H,3-6,14H2,1-2H3. The predicted molar refractivity (Wildman–Crippen MR) is 67.2 cm³/mol. The van der Waals surface area contributed by atoms with Crippen molar-refractivity contribution in [2.75, 3.05) is 25.6 Å². The first-order valence-electron chi connectivity index (χ1n) is 5.41. The minimum atomic E-state index is 0.523. The minimum Gasteiger partial charge on any atom is -0.491 e. The van der Waals surface area contributed by atoms with Gasteiger partial charge in [-0.05, 0) is 25.0 Å². The number of benzene rings is 1. The van der Waals surface area contributed by atoms with E-state index in [9.17, 15) is 0 Å². The van der Waals surface area contributed by atoms with Crippen LogP contribution in [-0.4, -0.2) is 19.8 Å². The Kier molecular flexibility index (Phi) is 5.43. The lowest BCUT2D eigenvalue weighted by atomic mass is 10.2. The molecule has 3 nitrogen and oxygen atoms in total. The molecule has 0 amide bonds. The number of rotatable bonds is 6. The van der Waals surface area contributed by atoms with E-state index in [4.69, 9.17) is 26.8 Å². The summed E-state index contributed by atoms with van der Waals surface area (Å²) in [4.78, 5) is 0. The maximum Gasteiger partial charge on any atom is 0.123 e. The zero-order valence-electron chi connectivity index (χ0n) is 9.75. The van der Waals surface area contributed by atoms with Crippen molar-refractivity contribution in [1.82, 2.24) is 0 Å². The van der Waals surface area contributed by atoms with E-state index in [1.807, 2.05) is 13.0 Å². The van der Waals surface area contributed by atoms with Crippen LogP contribution < -0.4 is 10.5 Å². The number of ether oxygens (including phenoxy) is 2. The Morgan fingerprint density at radius 2 is 2.00 bits per heavy atom. The van der Waals surface area contributed by atoms with Crippen molar-refractivity contribution in [3.8, 4) is 5.75 Å². The zero-order valence-corrected chi connectivity index (χ0v) is 10.5. The van der Waals surface area contributed by atoms with E-state index in [1.165, 1.54) is 0 Å². The topological polar surface area (TPSA) is 44.5 Å². The molecule has 0 aliphatic rings. The van der Waals surface area contributed by atoms with Crippen molar-refractivity contribution in [2.45, 2.75) is 20.3 Å². The molecule has 16 heavy (non-hydrogen) atoms. The van der Waals surface area contributed by atoms with Gasteiger partial charge in [-0.1, -0.05) is 18.5 Å². The SMILES string of the molecule is CCCOCCOc1cc(Cl)c(N)cc1C. The normalized spacial score (nSPS) is 10.4. The number of anilines is 1. The molecule has 0 bridgehead atoms. The van der Waals surface area contributed by atoms with Gasteiger partial charge in [-0.15, -0.1) is 0 Å². The van der Waals surface area contributed by atoms with E-state index in [2.05, 4.69) is 6.92 Å². The summed E-state index contributed by atoms with van der Waals surface area (Å²) in [6.07, 6.45) is 1.02. The minimum absolute atomic E-state index is 0.523. The van der Waals surface area contributed by atoms with Gasteiger partial charge in [-0.3, -0.25) is 0 Å². The molecule has 0 spiro atoms. The Morgan fingerprint density at radius 3 is 2.69 bits per heavy atom. The molecule has 0 aliphatic carbocycles. The van der Waals surface area contributed by atoms with Crippen molar-refractivity contribution in [3.05, 3.63) is 22.7 Å². The predicted octanol–water partition coefficient (Wildman–Crippen LogP) is 3.04. The first kappa shape index (κ1) is 13.1. The third-order valence-electron chi connectivity index (χ3n) is 2.13. The molecule has 0 aliphatic heterocycles. The van der Waals surface area contributed by atoms with Gasteiger partial charge in [0.05, 0.1) is 17.3 Å². The largest absolute Gasteiger partial charge is 0.491 e. The highest BCUT2D eigenvalue weighted by Gasteiger charge is 2.04. The molecule has 0 fully saturated rings. The average Bonchev–Trinajstić information content (AvgIpc) is 2.25. The maximum absolute atomic E-state index is 5.91. The van der Waals surface area contributed by atoms with Gasteiger partial charge in [-0.25, -0.2) is 0 Å². The van der Waals surface area contributed by atoms with Gasteiger partial charge < -0.3 is 15.2 Å². The fourth-order valence-corrected chi connectivity index (χ4v) is 1.45. The molecule has 0 saturated heterocycles. The van der Waals surface area contributed by atoms with Gasteiger partial charge >= 0.3 is 0 Å². The van der Waals surface area contributed by atoms with Crippen LogP contribution in [0.15, 0.2) is 12.1 Å². The number of hydrogen-bond donors (Lipinski definition) is 1. The van der Waals surface area contributed by atoms with Gasteiger partial charge in [0.25, 0.3) is 0 Å². The van der Waals surface area contributed by atoms with Gasteiger partial charge in [-0.2, -0.15) is 0 Å². The zero-order chi connectivity index (χ0) is 12.0. The smallest absolute Gasteiger partial charge is 0.123 e. The lowest BCUT2D eigenvalue weighted by Crippen LogP contribution is -2.08. The van der Waals surface area contributed by atoms with E-state index >= 15 is 0 Å². The Labute approximate surface area is 101 Å². The summed E-state index contributed by atoms with van der Waals surface area (Å²) in [6, 6.07) is 3.55. The van der Waals surface area contributed by atoms with Crippen molar-refractivity contribution < 1.29 is 9.47 Å². The molecule has 2 N–H and O–H groups in total. The Hall–Kier alpha value is -0.930. The molecular formula is C12H18ClNO2. The van der Waals surface area contributed by atoms with Crippen molar-refractivity contribution in [3.63, 3.8) is 0 Å². The summed E-state index contributed by atoms with van der Waals surface area (Å²) < 4.78 is 10.9. The molecule has 0 radical (unpaired) electrons. The maximum atomic E-state index is 5.91. The highest BCUT2D eigenvalue weighted by Crippen LogP contribution is 2.28. The molecule has 0 unspecified atom stereocenters. The van der Waals surface area contributed by atoms with E-state index in [1.54, 1.807) is 6.07 Å². The highest BCUT2D eigenvalue weighted by molar-refractivity contribution is 6.33. The van der Waals surface area contributed by atoms with Crippen LogP contribution in [0.2, 0.25) is 5.02 Å². The van der Waals surface area contributed by atoms with Crippen LogP contribution in [-0.2, 0) is 4.74 Å². The molecule has 0 aromatic heterocycles. The molecule has 1 aromatic carbocycles. The average molecular weight is 244 g/mol. The van der Waals surface area contributed by atoms with Crippen LogP contribution in [0.4, 0.5) is 5.69 Å². The van der Waals surface area contributed by atoms with Crippen LogP contribution in [0.25, 0.3) is 0 Å². The molecule has 4 heteroatoms. The summed E-state index contributed by atoms with van der Waals surface area (Å²) in [6.45, 7) is 5.90. The van der Waals surface area contributed by atoms with Crippen LogP contribution >= 0.6 is 11.6 Å². The lowest BCUT2D eigenvalue weighted by molar-refractivity contribution is 0.100. The fraction of sp³-hybridized carbons (Fsp3) is 0.500. The van der Waals surface area contributed by atoms with E-state index in [0.29, 0.717) is 23.9 Å². The first-order valence-corrected chi connectivity index (χ1v) is 5.79. The monoisotopic (exact) mass is 243 g/mol. The fourth-order valence-electron chi connectivity index (χ4n) is 1.30. The summed E-state index contributed by atoms with van der Waals surface area (Å²) in [5.74, 6) is 0.763. The van der Waals surface area contributed by atoms with Crippen molar-refractivity contribution in [2.24, 2.45) is 0 Å². The molecule has 0 heterocycles. The van der Waals surface area contributed by atoms with Crippen molar-refractivity contribution in [1.29, 1.82) is 0 Å². The van der Waals surface area contributed by atoms with Gasteiger partial charge in [0.2, 0.25) is 0 Å². The van der Waals surface area contributed by atoms with Crippen LogP contribution in [0.5, 0.6) is 5.75 Å². The van der Waals surface area contributed by atoms with E-state index < -0.39 is 0 Å². The second-order valence-electron chi connectivity index (χ2n) is 3.60. The van der Waals surface area contributed by atoms with Crippen molar-refractivity contribution >= 4 is 17.3 Å². The Balaban J connectivity index is 2.45. The van der Waals surface area contributed by atoms with Gasteiger partial charge in [0.15, 0.2) is 0 Å². The molecule has 1 rings (SSSR count). The third kappa shape index (κ3) is 3.91. The van der Waals surface area contributed by atoms with Crippen LogP contribution in [0, 0.1) is 6.92 Å². The molecule has 0 atom stereocenters. The number of hydrogen-bond acceptors (Lipinski definition) is 3. The highest BCUT2D eigenvalue weighted by atomic mass is 35.5. The summed E-state index contributed by atoms with van der Waals surface area (Å²) in [5.41, 5.74) is 7.23. The first-order chi connectivity index (χ1) is 7.65. The lowest BCUT2D eigenvalue weighted by Gasteiger charge is -2.10. The number of nitrogens with two attached hydrogens (primary N) is 1. The summed E-state index contributed by atoms with van der Waals surface area (Å²) >= 11 is 5.91. The van der Waals surface area contributed by atoms with Crippen LogP contribution in [0.3, 0.4) is 0 Å². The van der Waals surface area contributed by atoms with E-state index in [0.717, 1.165) is 24.3 Å². The Bertz CT molecular complexity index is 342. The molecular weight excluding hydrogens is 226 g/mol. The summed E-state index contributed by atoms with van der Waals surface area (Å²) in [7, 11) is 0. The van der Waals surface area contributed by atoms with Gasteiger partial charge in [0, 0.05) is 12.7 Å². The molecule has 0 saturated carbocycles. The molecule has 90 valence electrons. The number of halogens is 1.